The zero-order chi connectivity index (χ0) is 19.7. The van der Waals surface area contributed by atoms with E-state index in [1.54, 1.807) is 42.0 Å². The quantitative estimate of drug-likeness (QED) is 0.666. The van der Waals surface area contributed by atoms with Crippen LogP contribution in [-0.2, 0) is 10.0 Å². The minimum absolute atomic E-state index is 0.00986. The molecule has 1 aliphatic rings. The van der Waals surface area contributed by atoms with Gasteiger partial charge in [-0.15, -0.1) is 0 Å². The summed E-state index contributed by atoms with van der Waals surface area (Å²) in [6.45, 7) is 2.69. The average Bonchev–Trinajstić information content (AvgIpc) is 3.11. The Kier molecular flexibility index (Phi) is 4.90. The van der Waals surface area contributed by atoms with Crippen LogP contribution in [0.4, 0.5) is 11.5 Å². The Bertz CT molecular complexity index is 1100. The Hall–Kier alpha value is -2.72. The zero-order valence-corrected chi connectivity index (χ0v) is 16.4. The highest BCUT2D eigenvalue weighted by Crippen LogP contribution is 2.21. The number of piperidine rings is 1. The molecule has 0 amide bonds. The van der Waals surface area contributed by atoms with E-state index in [4.69, 9.17) is 5.73 Å². The predicted molar refractivity (Wildman–Crippen MR) is 108 cm³/mol. The second-order valence-electron chi connectivity index (χ2n) is 6.84. The van der Waals surface area contributed by atoms with Crippen molar-refractivity contribution in [3.8, 4) is 11.5 Å². The molecule has 3 aromatic rings. The van der Waals surface area contributed by atoms with Crippen LogP contribution in [0.1, 0.15) is 19.8 Å². The van der Waals surface area contributed by atoms with Gasteiger partial charge < -0.3 is 11.1 Å². The molecule has 0 aromatic carbocycles. The van der Waals surface area contributed by atoms with E-state index in [-0.39, 0.29) is 11.8 Å². The first kappa shape index (κ1) is 18.6. The van der Waals surface area contributed by atoms with Crippen molar-refractivity contribution >= 4 is 27.2 Å². The fraction of sp³-hybridized carbons (Fsp3) is 0.389. The zero-order valence-electron chi connectivity index (χ0n) is 15.6. The summed E-state index contributed by atoms with van der Waals surface area (Å²) in [5.41, 5.74) is 8.02. The number of nitrogen functional groups attached to an aromatic ring is 1. The molecule has 9 nitrogen and oxygen atoms in total. The Labute approximate surface area is 163 Å². The monoisotopic (exact) mass is 401 g/mol. The van der Waals surface area contributed by atoms with Crippen molar-refractivity contribution in [1.82, 2.24) is 23.7 Å². The maximum absolute atomic E-state index is 12.2. The standard InChI is InChI=1S/C18H23N7O2S/c1-2-28(26,27)24-9-3-4-14(12-24)22-16-7-8-20-18(23-16)15-10-21-17-6-5-13(19)11-25(15)17/h5-8,10-11,14H,2-4,9,12,19H2,1H3,(H,20,22,23)/t14-/m1/s1. The van der Waals surface area contributed by atoms with Crippen molar-refractivity contribution in [3.63, 3.8) is 0 Å². The number of nitrogens with one attached hydrogen (secondary N) is 1. The highest BCUT2D eigenvalue weighted by atomic mass is 32.2. The molecule has 1 aliphatic heterocycles. The predicted octanol–water partition coefficient (Wildman–Crippen LogP) is 1.60. The first-order valence-electron chi connectivity index (χ1n) is 9.26. The maximum Gasteiger partial charge on any atom is 0.213 e. The maximum atomic E-state index is 12.2. The molecule has 0 spiro atoms. The van der Waals surface area contributed by atoms with Gasteiger partial charge in [-0.1, -0.05) is 0 Å². The third-order valence-electron chi connectivity index (χ3n) is 4.91. The second-order valence-corrected chi connectivity index (χ2v) is 9.10. The van der Waals surface area contributed by atoms with E-state index in [0.29, 0.717) is 30.4 Å². The molecular formula is C18H23N7O2S. The van der Waals surface area contributed by atoms with Crippen LogP contribution >= 0.6 is 0 Å². The van der Waals surface area contributed by atoms with Crippen LogP contribution in [0, 0.1) is 0 Å². The largest absolute Gasteiger partial charge is 0.398 e. The molecule has 1 atom stereocenters. The molecule has 3 aromatic heterocycles. The molecule has 4 heterocycles. The molecule has 1 fully saturated rings. The minimum atomic E-state index is -3.18. The van der Waals surface area contributed by atoms with Crippen LogP contribution in [0.25, 0.3) is 17.2 Å². The van der Waals surface area contributed by atoms with Crippen LogP contribution in [0.3, 0.4) is 0 Å². The van der Waals surface area contributed by atoms with E-state index in [1.807, 2.05) is 10.5 Å². The molecule has 0 bridgehead atoms. The van der Waals surface area contributed by atoms with Gasteiger partial charge in [-0.25, -0.2) is 23.4 Å². The van der Waals surface area contributed by atoms with E-state index in [0.717, 1.165) is 24.2 Å². The topological polar surface area (TPSA) is 119 Å². The lowest BCUT2D eigenvalue weighted by Crippen LogP contribution is -2.45. The summed E-state index contributed by atoms with van der Waals surface area (Å²) in [6.07, 6.45) is 6.89. The summed E-state index contributed by atoms with van der Waals surface area (Å²) >= 11 is 0. The first-order chi connectivity index (χ1) is 13.5. The number of pyridine rings is 1. The SMILES string of the molecule is CCS(=O)(=O)N1CCC[C@@H](Nc2ccnc(-c3cnc4ccc(N)cn34)n2)C1. The molecule has 28 heavy (non-hydrogen) atoms. The van der Waals surface area contributed by atoms with Gasteiger partial charge in [0.05, 0.1) is 11.9 Å². The molecule has 10 heteroatoms. The molecule has 0 saturated carbocycles. The van der Waals surface area contributed by atoms with Crippen LogP contribution in [0.15, 0.2) is 36.8 Å². The van der Waals surface area contributed by atoms with Gasteiger partial charge in [0.2, 0.25) is 10.0 Å². The Morgan fingerprint density at radius 1 is 1.29 bits per heavy atom. The number of nitrogens with two attached hydrogens (primary N) is 1. The molecule has 0 unspecified atom stereocenters. The number of hydrogen-bond donors (Lipinski definition) is 2. The van der Waals surface area contributed by atoms with Crippen LogP contribution in [-0.4, -0.2) is 57.0 Å². The fourth-order valence-electron chi connectivity index (χ4n) is 3.43. The van der Waals surface area contributed by atoms with Crippen molar-refractivity contribution in [2.75, 3.05) is 29.9 Å². The number of anilines is 2. The summed E-state index contributed by atoms with van der Waals surface area (Å²) in [6, 6.07) is 5.43. The van der Waals surface area contributed by atoms with E-state index in [2.05, 4.69) is 20.3 Å². The van der Waals surface area contributed by atoms with Gasteiger partial charge in [0.25, 0.3) is 0 Å². The van der Waals surface area contributed by atoms with E-state index in [9.17, 15) is 8.42 Å². The number of aromatic nitrogens is 4. The van der Waals surface area contributed by atoms with Crippen LogP contribution in [0.2, 0.25) is 0 Å². The number of rotatable bonds is 5. The third-order valence-corrected chi connectivity index (χ3v) is 6.76. The third kappa shape index (κ3) is 3.65. The Morgan fingerprint density at radius 3 is 2.96 bits per heavy atom. The lowest BCUT2D eigenvalue weighted by Gasteiger charge is -2.32. The molecule has 3 N–H and O–H groups in total. The number of hydrogen-bond acceptors (Lipinski definition) is 7. The summed E-state index contributed by atoms with van der Waals surface area (Å²) in [5.74, 6) is 1.30. The summed E-state index contributed by atoms with van der Waals surface area (Å²) in [7, 11) is -3.18. The fourth-order valence-corrected chi connectivity index (χ4v) is 4.61. The number of fused-ring (bicyclic) bond motifs is 1. The van der Waals surface area contributed by atoms with Gasteiger partial charge in [-0.3, -0.25) is 4.40 Å². The van der Waals surface area contributed by atoms with Gasteiger partial charge >= 0.3 is 0 Å². The first-order valence-corrected chi connectivity index (χ1v) is 10.9. The number of sulfonamides is 1. The number of nitrogens with zero attached hydrogens (tertiary/aromatic N) is 5. The smallest absolute Gasteiger partial charge is 0.213 e. The highest BCUT2D eigenvalue weighted by molar-refractivity contribution is 7.89. The Morgan fingerprint density at radius 2 is 2.14 bits per heavy atom. The average molecular weight is 401 g/mol. The molecule has 0 aliphatic carbocycles. The minimum Gasteiger partial charge on any atom is -0.398 e. The van der Waals surface area contributed by atoms with Gasteiger partial charge in [0.1, 0.15) is 17.2 Å². The summed E-state index contributed by atoms with van der Waals surface area (Å²) < 4.78 is 27.7. The summed E-state index contributed by atoms with van der Waals surface area (Å²) in [5, 5.41) is 3.36. The van der Waals surface area contributed by atoms with E-state index in [1.165, 1.54) is 0 Å². The van der Waals surface area contributed by atoms with Crippen molar-refractivity contribution in [1.29, 1.82) is 0 Å². The van der Waals surface area contributed by atoms with Crippen molar-refractivity contribution in [3.05, 3.63) is 36.8 Å². The second kappa shape index (κ2) is 7.36. The van der Waals surface area contributed by atoms with Crippen molar-refractivity contribution in [2.45, 2.75) is 25.8 Å². The molecule has 0 radical (unpaired) electrons. The summed E-state index contributed by atoms with van der Waals surface area (Å²) in [4.78, 5) is 13.3. The van der Waals surface area contributed by atoms with Gasteiger partial charge in [0, 0.05) is 37.2 Å². The van der Waals surface area contributed by atoms with Crippen LogP contribution < -0.4 is 11.1 Å². The lowest BCUT2D eigenvalue weighted by molar-refractivity contribution is 0.327. The lowest BCUT2D eigenvalue weighted by atomic mass is 10.1. The van der Waals surface area contributed by atoms with Gasteiger partial charge in [0.15, 0.2) is 5.82 Å². The number of imidazole rings is 1. The molecule has 4 rings (SSSR count). The molecule has 148 valence electrons. The van der Waals surface area contributed by atoms with Crippen LogP contribution in [0.5, 0.6) is 0 Å². The van der Waals surface area contributed by atoms with Crippen molar-refractivity contribution < 1.29 is 8.42 Å². The van der Waals surface area contributed by atoms with Gasteiger partial charge in [-0.2, -0.15) is 4.31 Å². The normalized spacial score (nSPS) is 18.4. The van der Waals surface area contributed by atoms with Crippen molar-refractivity contribution in [2.24, 2.45) is 0 Å². The highest BCUT2D eigenvalue weighted by Gasteiger charge is 2.27. The molecule has 1 saturated heterocycles. The molecular weight excluding hydrogens is 378 g/mol. The van der Waals surface area contributed by atoms with E-state index < -0.39 is 10.0 Å². The van der Waals surface area contributed by atoms with E-state index >= 15 is 0 Å². The van der Waals surface area contributed by atoms with Gasteiger partial charge in [-0.05, 0) is 38.0 Å². The Balaban J connectivity index is 1.56.